The Labute approximate surface area is 96.8 Å². The SMILES string of the molecule is CNC(CCC1CC1)c1cccc(Cl)c1. The quantitative estimate of drug-likeness (QED) is 0.801. The average molecular weight is 224 g/mol. The Balaban J connectivity index is 1.97. The standard InChI is InChI=1S/C13H18ClN/c1-15-13(8-7-10-5-6-10)11-3-2-4-12(14)9-11/h2-4,9-10,13,15H,5-8H2,1H3. The van der Waals surface area contributed by atoms with E-state index in [1.165, 1.54) is 31.2 Å². The van der Waals surface area contributed by atoms with Crippen LogP contribution in [0.3, 0.4) is 0 Å². The van der Waals surface area contributed by atoms with Gasteiger partial charge in [-0.1, -0.05) is 36.6 Å². The lowest BCUT2D eigenvalue weighted by Crippen LogP contribution is -2.16. The Morgan fingerprint density at radius 2 is 2.27 bits per heavy atom. The van der Waals surface area contributed by atoms with Gasteiger partial charge in [0.15, 0.2) is 0 Å². The molecule has 1 aromatic carbocycles. The summed E-state index contributed by atoms with van der Waals surface area (Å²) in [5.41, 5.74) is 1.31. The van der Waals surface area contributed by atoms with E-state index in [0.29, 0.717) is 6.04 Å². The van der Waals surface area contributed by atoms with Crippen LogP contribution in [0.2, 0.25) is 5.02 Å². The minimum Gasteiger partial charge on any atom is -0.313 e. The molecule has 0 bridgehead atoms. The molecule has 2 rings (SSSR count). The van der Waals surface area contributed by atoms with E-state index in [4.69, 9.17) is 11.6 Å². The van der Waals surface area contributed by atoms with Crippen molar-refractivity contribution >= 4 is 11.6 Å². The molecule has 1 fully saturated rings. The average Bonchev–Trinajstić information content (AvgIpc) is 3.03. The second-order valence-corrected chi connectivity index (χ2v) is 4.85. The van der Waals surface area contributed by atoms with Gasteiger partial charge in [0.1, 0.15) is 0 Å². The molecule has 1 saturated carbocycles. The topological polar surface area (TPSA) is 12.0 Å². The van der Waals surface area contributed by atoms with E-state index in [9.17, 15) is 0 Å². The molecule has 0 saturated heterocycles. The maximum absolute atomic E-state index is 5.99. The second kappa shape index (κ2) is 5.00. The van der Waals surface area contributed by atoms with Gasteiger partial charge in [-0.2, -0.15) is 0 Å². The van der Waals surface area contributed by atoms with Gasteiger partial charge in [-0.3, -0.25) is 0 Å². The smallest absolute Gasteiger partial charge is 0.0409 e. The van der Waals surface area contributed by atoms with Crippen molar-refractivity contribution in [2.45, 2.75) is 31.7 Å². The summed E-state index contributed by atoms with van der Waals surface area (Å²) in [6.45, 7) is 0. The highest BCUT2D eigenvalue weighted by molar-refractivity contribution is 6.30. The van der Waals surface area contributed by atoms with E-state index >= 15 is 0 Å². The lowest BCUT2D eigenvalue weighted by molar-refractivity contribution is 0.506. The first-order valence-electron chi connectivity index (χ1n) is 5.72. The van der Waals surface area contributed by atoms with Crippen LogP contribution in [0.1, 0.15) is 37.3 Å². The molecule has 1 atom stereocenters. The Bertz CT molecular complexity index is 320. The van der Waals surface area contributed by atoms with E-state index < -0.39 is 0 Å². The normalized spacial score (nSPS) is 17.7. The highest BCUT2D eigenvalue weighted by Crippen LogP contribution is 2.36. The van der Waals surface area contributed by atoms with Crippen molar-refractivity contribution in [3.8, 4) is 0 Å². The molecule has 1 nitrogen and oxygen atoms in total. The van der Waals surface area contributed by atoms with Crippen molar-refractivity contribution in [1.29, 1.82) is 0 Å². The van der Waals surface area contributed by atoms with Crippen molar-refractivity contribution in [3.63, 3.8) is 0 Å². The molecule has 82 valence electrons. The first kappa shape index (κ1) is 11.0. The van der Waals surface area contributed by atoms with Gasteiger partial charge in [-0.25, -0.2) is 0 Å². The molecule has 1 N–H and O–H groups in total. The number of hydrogen-bond acceptors (Lipinski definition) is 1. The van der Waals surface area contributed by atoms with E-state index in [0.717, 1.165) is 10.9 Å². The number of rotatable bonds is 5. The van der Waals surface area contributed by atoms with Crippen LogP contribution in [0.25, 0.3) is 0 Å². The van der Waals surface area contributed by atoms with Crippen LogP contribution in [-0.2, 0) is 0 Å². The van der Waals surface area contributed by atoms with Gasteiger partial charge in [-0.15, -0.1) is 0 Å². The molecule has 0 aliphatic heterocycles. The zero-order valence-corrected chi connectivity index (χ0v) is 9.93. The van der Waals surface area contributed by atoms with Crippen LogP contribution in [-0.4, -0.2) is 7.05 Å². The summed E-state index contributed by atoms with van der Waals surface area (Å²) < 4.78 is 0. The summed E-state index contributed by atoms with van der Waals surface area (Å²) in [7, 11) is 2.03. The summed E-state index contributed by atoms with van der Waals surface area (Å²) in [6.07, 6.45) is 5.44. The van der Waals surface area contributed by atoms with Gasteiger partial charge in [0.2, 0.25) is 0 Å². The number of nitrogens with one attached hydrogen (secondary N) is 1. The van der Waals surface area contributed by atoms with Crippen molar-refractivity contribution < 1.29 is 0 Å². The van der Waals surface area contributed by atoms with Crippen molar-refractivity contribution in [1.82, 2.24) is 5.32 Å². The van der Waals surface area contributed by atoms with Crippen molar-refractivity contribution in [2.75, 3.05) is 7.05 Å². The highest BCUT2D eigenvalue weighted by atomic mass is 35.5. The Morgan fingerprint density at radius 3 is 2.87 bits per heavy atom. The van der Waals surface area contributed by atoms with Crippen molar-refractivity contribution in [2.24, 2.45) is 5.92 Å². The molecule has 0 radical (unpaired) electrons. The summed E-state index contributed by atoms with van der Waals surface area (Å²) in [5, 5.41) is 4.20. The van der Waals surface area contributed by atoms with Crippen LogP contribution >= 0.6 is 11.6 Å². The molecule has 2 heteroatoms. The van der Waals surface area contributed by atoms with Gasteiger partial charge in [-0.05, 0) is 43.5 Å². The third-order valence-corrected chi connectivity index (χ3v) is 3.40. The van der Waals surface area contributed by atoms with Gasteiger partial charge < -0.3 is 5.32 Å². The molecule has 1 aliphatic carbocycles. The predicted molar refractivity (Wildman–Crippen MR) is 65.2 cm³/mol. The second-order valence-electron chi connectivity index (χ2n) is 4.42. The Hall–Kier alpha value is -0.530. The van der Waals surface area contributed by atoms with E-state index in [2.05, 4.69) is 17.4 Å². The van der Waals surface area contributed by atoms with Crippen LogP contribution in [0.4, 0.5) is 0 Å². The van der Waals surface area contributed by atoms with Gasteiger partial charge >= 0.3 is 0 Å². The summed E-state index contributed by atoms with van der Waals surface area (Å²) in [4.78, 5) is 0. The molecule has 1 unspecified atom stereocenters. The van der Waals surface area contributed by atoms with Crippen molar-refractivity contribution in [3.05, 3.63) is 34.9 Å². The summed E-state index contributed by atoms with van der Waals surface area (Å²) in [5.74, 6) is 1.00. The van der Waals surface area contributed by atoms with E-state index in [1.807, 2.05) is 19.2 Å². The lowest BCUT2D eigenvalue weighted by atomic mass is 10.0. The van der Waals surface area contributed by atoms with E-state index in [1.54, 1.807) is 0 Å². The summed E-state index contributed by atoms with van der Waals surface area (Å²) >= 11 is 5.99. The molecule has 0 amide bonds. The number of benzene rings is 1. The third-order valence-electron chi connectivity index (χ3n) is 3.16. The van der Waals surface area contributed by atoms with Crippen LogP contribution in [0, 0.1) is 5.92 Å². The molecule has 0 heterocycles. The van der Waals surface area contributed by atoms with Gasteiger partial charge in [0, 0.05) is 11.1 Å². The fourth-order valence-electron chi connectivity index (χ4n) is 2.01. The first-order valence-corrected chi connectivity index (χ1v) is 6.10. The first-order chi connectivity index (χ1) is 7.29. The highest BCUT2D eigenvalue weighted by Gasteiger charge is 2.22. The van der Waals surface area contributed by atoms with Crippen LogP contribution < -0.4 is 5.32 Å². The molecule has 1 aromatic rings. The number of hydrogen-bond donors (Lipinski definition) is 1. The zero-order valence-electron chi connectivity index (χ0n) is 9.17. The Morgan fingerprint density at radius 1 is 1.47 bits per heavy atom. The van der Waals surface area contributed by atoms with Crippen LogP contribution in [0.5, 0.6) is 0 Å². The molecule has 15 heavy (non-hydrogen) atoms. The minimum atomic E-state index is 0.462. The predicted octanol–water partition coefficient (Wildman–Crippen LogP) is 3.79. The van der Waals surface area contributed by atoms with Crippen LogP contribution in [0.15, 0.2) is 24.3 Å². The van der Waals surface area contributed by atoms with Gasteiger partial charge in [0.25, 0.3) is 0 Å². The Kier molecular flexibility index (Phi) is 3.66. The summed E-state index contributed by atoms with van der Waals surface area (Å²) in [6, 6.07) is 8.64. The monoisotopic (exact) mass is 223 g/mol. The molecule has 0 spiro atoms. The zero-order chi connectivity index (χ0) is 10.7. The largest absolute Gasteiger partial charge is 0.313 e. The van der Waals surface area contributed by atoms with E-state index in [-0.39, 0.29) is 0 Å². The molecular formula is C13H18ClN. The maximum Gasteiger partial charge on any atom is 0.0409 e. The number of halogens is 1. The minimum absolute atomic E-state index is 0.462. The molecule has 1 aliphatic rings. The maximum atomic E-state index is 5.99. The lowest BCUT2D eigenvalue weighted by Gasteiger charge is -2.16. The fraction of sp³-hybridized carbons (Fsp3) is 0.538. The molecule has 0 aromatic heterocycles. The molecular weight excluding hydrogens is 206 g/mol. The third kappa shape index (κ3) is 3.22. The van der Waals surface area contributed by atoms with Gasteiger partial charge in [0.05, 0.1) is 0 Å². The fourth-order valence-corrected chi connectivity index (χ4v) is 2.21.